The Hall–Kier alpha value is -3.17. The van der Waals surface area contributed by atoms with E-state index >= 15 is 0 Å². The molecule has 154 valence electrons. The third-order valence-electron chi connectivity index (χ3n) is 4.83. The zero-order valence-electron chi connectivity index (χ0n) is 17.5. The van der Waals surface area contributed by atoms with E-state index in [1.807, 2.05) is 37.4 Å². The quantitative estimate of drug-likeness (QED) is 0.311. The topological polar surface area (TPSA) is 42.4 Å². The summed E-state index contributed by atoms with van der Waals surface area (Å²) in [4.78, 5) is 4.64. The number of pyridine rings is 1. The van der Waals surface area contributed by atoms with Crippen LogP contribution in [0.2, 0.25) is 0 Å². The van der Waals surface area contributed by atoms with Gasteiger partial charge in [-0.2, -0.15) is 0 Å². The highest BCUT2D eigenvalue weighted by Crippen LogP contribution is 2.25. The molecule has 3 heteroatoms. The van der Waals surface area contributed by atoms with Crippen LogP contribution in [0.15, 0.2) is 85.6 Å². The van der Waals surface area contributed by atoms with Crippen molar-refractivity contribution in [1.29, 1.82) is 0 Å². The lowest BCUT2D eigenvalue weighted by Gasteiger charge is -2.07. The third kappa shape index (κ3) is 6.43. The van der Waals surface area contributed by atoms with Crippen LogP contribution >= 0.6 is 0 Å². The summed E-state index contributed by atoms with van der Waals surface area (Å²) >= 11 is 0. The van der Waals surface area contributed by atoms with Gasteiger partial charge in [0.15, 0.2) is 0 Å². The van der Waals surface area contributed by atoms with Crippen molar-refractivity contribution in [2.75, 3.05) is 6.61 Å². The first-order valence-electron chi connectivity index (χ1n) is 10.4. The van der Waals surface area contributed by atoms with Crippen LogP contribution in [0.4, 0.5) is 0 Å². The third-order valence-corrected chi connectivity index (χ3v) is 4.83. The Morgan fingerprint density at radius 3 is 2.30 bits per heavy atom. The van der Waals surface area contributed by atoms with Crippen molar-refractivity contribution in [2.24, 2.45) is 0 Å². The monoisotopic (exact) mass is 399 g/mol. The summed E-state index contributed by atoms with van der Waals surface area (Å²) in [6.45, 7) is 6.00. The standard InChI is InChI=1S/C27H29NO2/c1-3-19-30-26-16-13-23(14-17-26)25-15-18-27(28-20-25)24-11-9-22(10-12-24)8-6-4-5-7-21(2)29/h3,6,8-18,20-21,29H,1,4-5,7,19H2,2H3/b8-6+. The molecule has 3 rings (SSSR count). The molecule has 1 heterocycles. The van der Waals surface area contributed by atoms with Gasteiger partial charge in [-0.1, -0.05) is 67.3 Å². The maximum Gasteiger partial charge on any atom is 0.119 e. The van der Waals surface area contributed by atoms with Gasteiger partial charge < -0.3 is 9.84 Å². The number of benzene rings is 2. The Balaban J connectivity index is 1.60. The van der Waals surface area contributed by atoms with Gasteiger partial charge in [0, 0.05) is 17.3 Å². The number of ether oxygens (including phenoxy) is 1. The molecule has 0 aliphatic heterocycles. The summed E-state index contributed by atoms with van der Waals surface area (Å²) in [5.41, 5.74) is 5.41. The Bertz CT molecular complexity index is 940. The molecule has 0 saturated heterocycles. The lowest BCUT2D eigenvalue weighted by Crippen LogP contribution is -1.97. The molecule has 0 saturated carbocycles. The summed E-state index contributed by atoms with van der Waals surface area (Å²) in [7, 11) is 0. The van der Waals surface area contributed by atoms with Gasteiger partial charge in [-0.05, 0) is 55.5 Å². The van der Waals surface area contributed by atoms with Gasteiger partial charge in [-0.15, -0.1) is 0 Å². The summed E-state index contributed by atoms with van der Waals surface area (Å²) < 4.78 is 5.53. The van der Waals surface area contributed by atoms with Crippen LogP contribution in [-0.2, 0) is 0 Å². The van der Waals surface area contributed by atoms with Crippen molar-refractivity contribution in [3.05, 3.63) is 91.2 Å². The number of allylic oxidation sites excluding steroid dienone is 1. The molecule has 0 aliphatic carbocycles. The molecule has 1 unspecified atom stereocenters. The van der Waals surface area contributed by atoms with Crippen LogP contribution in [0.25, 0.3) is 28.5 Å². The number of aliphatic hydroxyl groups excluding tert-OH is 1. The number of nitrogens with zero attached hydrogens (tertiary/aromatic N) is 1. The fraction of sp³-hybridized carbons (Fsp3) is 0.222. The van der Waals surface area contributed by atoms with E-state index in [0.717, 1.165) is 47.4 Å². The first kappa shape index (κ1) is 21.5. The second kappa shape index (κ2) is 11.1. The van der Waals surface area contributed by atoms with Gasteiger partial charge in [0.25, 0.3) is 0 Å². The number of hydrogen-bond acceptors (Lipinski definition) is 3. The van der Waals surface area contributed by atoms with Crippen molar-refractivity contribution in [2.45, 2.75) is 32.3 Å². The molecular formula is C27H29NO2. The van der Waals surface area contributed by atoms with Gasteiger partial charge in [-0.25, -0.2) is 0 Å². The maximum atomic E-state index is 9.29. The van der Waals surface area contributed by atoms with Gasteiger partial charge in [0.2, 0.25) is 0 Å². The number of aromatic nitrogens is 1. The molecular weight excluding hydrogens is 370 g/mol. The molecule has 0 fully saturated rings. The highest BCUT2D eigenvalue weighted by atomic mass is 16.5. The predicted molar refractivity (Wildman–Crippen MR) is 125 cm³/mol. The van der Waals surface area contributed by atoms with Crippen LogP contribution in [-0.4, -0.2) is 22.8 Å². The van der Waals surface area contributed by atoms with E-state index in [2.05, 4.69) is 60.1 Å². The maximum absolute atomic E-state index is 9.29. The van der Waals surface area contributed by atoms with Gasteiger partial charge >= 0.3 is 0 Å². The van der Waals surface area contributed by atoms with Crippen molar-refractivity contribution in [3.8, 4) is 28.1 Å². The second-order valence-electron chi connectivity index (χ2n) is 7.36. The molecule has 2 aromatic carbocycles. The van der Waals surface area contributed by atoms with E-state index in [9.17, 15) is 5.11 Å². The molecule has 0 radical (unpaired) electrons. The minimum absolute atomic E-state index is 0.215. The average molecular weight is 400 g/mol. The minimum Gasteiger partial charge on any atom is -0.490 e. The fourth-order valence-corrected chi connectivity index (χ4v) is 3.15. The molecule has 0 bridgehead atoms. The Morgan fingerprint density at radius 1 is 0.967 bits per heavy atom. The highest BCUT2D eigenvalue weighted by Gasteiger charge is 2.03. The molecule has 0 spiro atoms. The molecule has 0 aliphatic rings. The lowest BCUT2D eigenvalue weighted by atomic mass is 10.0. The summed E-state index contributed by atoms with van der Waals surface area (Å²) in [6.07, 6.45) is 10.6. The number of rotatable bonds is 10. The van der Waals surface area contributed by atoms with Crippen molar-refractivity contribution in [1.82, 2.24) is 4.98 Å². The highest BCUT2D eigenvalue weighted by molar-refractivity contribution is 5.68. The van der Waals surface area contributed by atoms with Gasteiger partial charge in [-0.3, -0.25) is 4.98 Å². The predicted octanol–water partition coefficient (Wildman–Crippen LogP) is 6.54. The van der Waals surface area contributed by atoms with E-state index in [1.54, 1.807) is 6.08 Å². The summed E-state index contributed by atoms with van der Waals surface area (Å²) in [5.74, 6) is 0.834. The molecule has 30 heavy (non-hydrogen) atoms. The number of unbranched alkanes of at least 4 members (excludes halogenated alkanes) is 1. The zero-order chi connectivity index (χ0) is 21.2. The van der Waals surface area contributed by atoms with Crippen LogP contribution in [0.5, 0.6) is 5.75 Å². The van der Waals surface area contributed by atoms with E-state index in [1.165, 1.54) is 5.56 Å². The molecule has 1 aromatic heterocycles. The largest absolute Gasteiger partial charge is 0.490 e. The summed E-state index contributed by atoms with van der Waals surface area (Å²) in [5, 5.41) is 9.29. The Morgan fingerprint density at radius 2 is 1.67 bits per heavy atom. The summed E-state index contributed by atoms with van der Waals surface area (Å²) in [6, 6.07) is 20.6. The number of aliphatic hydroxyl groups is 1. The van der Waals surface area contributed by atoms with E-state index in [-0.39, 0.29) is 6.10 Å². The number of hydrogen-bond donors (Lipinski definition) is 1. The molecule has 3 aromatic rings. The Kier molecular flexibility index (Phi) is 7.99. The second-order valence-corrected chi connectivity index (χ2v) is 7.36. The smallest absolute Gasteiger partial charge is 0.119 e. The van der Waals surface area contributed by atoms with Crippen molar-refractivity contribution < 1.29 is 9.84 Å². The van der Waals surface area contributed by atoms with E-state index < -0.39 is 0 Å². The fourth-order valence-electron chi connectivity index (χ4n) is 3.15. The van der Waals surface area contributed by atoms with Crippen LogP contribution in [0.1, 0.15) is 31.7 Å². The molecule has 3 nitrogen and oxygen atoms in total. The first-order valence-corrected chi connectivity index (χ1v) is 10.4. The van der Waals surface area contributed by atoms with Crippen molar-refractivity contribution >= 4 is 6.08 Å². The minimum atomic E-state index is -0.215. The normalized spacial score (nSPS) is 12.1. The molecule has 1 N–H and O–H groups in total. The molecule has 1 atom stereocenters. The van der Waals surface area contributed by atoms with Crippen LogP contribution in [0, 0.1) is 0 Å². The molecule has 0 amide bonds. The lowest BCUT2D eigenvalue weighted by molar-refractivity contribution is 0.182. The van der Waals surface area contributed by atoms with Crippen molar-refractivity contribution in [3.63, 3.8) is 0 Å². The van der Waals surface area contributed by atoms with Gasteiger partial charge in [0.1, 0.15) is 12.4 Å². The van der Waals surface area contributed by atoms with Gasteiger partial charge in [0.05, 0.1) is 11.8 Å². The average Bonchev–Trinajstić information content (AvgIpc) is 2.78. The van der Waals surface area contributed by atoms with E-state index in [4.69, 9.17) is 4.74 Å². The SMILES string of the molecule is C=CCOc1ccc(-c2ccc(-c3ccc(/C=C/CCCC(C)O)cc3)nc2)cc1. The van der Waals surface area contributed by atoms with E-state index in [0.29, 0.717) is 6.61 Å². The zero-order valence-corrected chi connectivity index (χ0v) is 17.5. The van der Waals surface area contributed by atoms with Crippen LogP contribution in [0.3, 0.4) is 0 Å². The van der Waals surface area contributed by atoms with Crippen LogP contribution < -0.4 is 4.74 Å². The first-order chi connectivity index (χ1) is 14.7. The Labute approximate surface area is 179 Å².